The summed E-state index contributed by atoms with van der Waals surface area (Å²) < 4.78 is 4.69. The van der Waals surface area contributed by atoms with E-state index in [1.807, 2.05) is 0 Å². The third-order valence-electron chi connectivity index (χ3n) is 1.69. The van der Waals surface area contributed by atoms with Crippen LogP contribution in [0.3, 0.4) is 0 Å². The van der Waals surface area contributed by atoms with Crippen LogP contribution in [0.5, 0.6) is 0 Å². The molecule has 0 saturated heterocycles. The first-order valence-corrected chi connectivity index (χ1v) is 4.34. The maximum atomic E-state index is 10.4. The highest BCUT2D eigenvalue weighted by Crippen LogP contribution is 2.18. The molecule has 0 N–H and O–H groups in total. The SMILES string of the molecule is [O]Cc1nc(-c2ccc(Cl)cc2)no1. The Balaban J connectivity index is 2.34. The molecule has 14 heavy (non-hydrogen) atoms. The molecule has 71 valence electrons. The molecule has 5 heteroatoms. The molecule has 0 bridgehead atoms. The third kappa shape index (κ3) is 1.76. The van der Waals surface area contributed by atoms with E-state index in [-0.39, 0.29) is 5.89 Å². The molecule has 1 radical (unpaired) electrons. The van der Waals surface area contributed by atoms with Crippen molar-refractivity contribution in [2.45, 2.75) is 6.61 Å². The van der Waals surface area contributed by atoms with Gasteiger partial charge in [0, 0.05) is 10.6 Å². The average molecular weight is 210 g/mol. The molecule has 0 spiro atoms. The highest BCUT2D eigenvalue weighted by Gasteiger charge is 2.07. The van der Waals surface area contributed by atoms with Crippen LogP contribution in [0.15, 0.2) is 28.8 Å². The van der Waals surface area contributed by atoms with Gasteiger partial charge in [-0.3, -0.25) is 0 Å². The number of benzene rings is 1. The summed E-state index contributed by atoms with van der Waals surface area (Å²) in [4.78, 5) is 3.90. The lowest BCUT2D eigenvalue weighted by molar-refractivity contribution is 0.142. The average Bonchev–Trinajstić information content (AvgIpc) is 2.67. The van der Waals surface area contributed by atoms with Gasteiger partial charge in [-0.2, -0.15) is 4.98 Å². The Morgan fingerprint density at radius 2 is 2.00 bits per heavy atom. The van der Waals surface area contributed by atoms with Gasteiger partial charge in [0.15, 0.2) is 6.61 Å². The molecule has 4 nitrogen and oxygen atoms in total. The normalized spacial score (nSPS) is 10.4. The van der Waals surface area contributed by atoms with E-state index in [1.165, 1.54) is 0 Å². The van der Waals surface area contributed by atoms with Crippen LogP contribution >= 0.6 is 11.6 Å². The zero-order valence-electron chi connectivity index (χ0n) is 7.11. The standard InChI is InChI=1S/C9H6ClN2O2/c10-7-3-1-6(2-4-7)9-11-8(5-13)14-12-9/h1-4H,5H2. The summed E-state index contributed by atoms with van der Waals surface area (Å²) in [5.74, 6) is 0.502. The van der Waals surface area contributed by atoms with E-state index in [0.717, 1.165) is 5.56 Å². The fourth-order valence-electron chi connectivity index (χ4n) is 1.03. The van der Waals surface area contributed by atoms with Gasteiger partial charge in [0.05, 0.1) is 0 Å². The molecule has 2 aromatic rings. The first-order valence-electron chi connectivity index (χ1n) is 3.96. The number of halogens is 1. The van der Waals surface area contributed by atoms with Gasteiger partial charge >= 0.3 is 0 Å². The largest absolute Gasteiger partial charge is 0.336 e. The van der Waals surface area contributed by atoms with Crippen molar-refractivity contribution in [2.24, 2.45) is 0 Å². The molecular weight excluding hydrogens is 204 g/mol. The minimum absolute atomic E-state index is 0.0925. The number of hydrogen-bond donors (Lipinski definition) is 0. The van der Waals surface area contributed by atoms with Crippen molar-refractivity contribution in [1.82, 2.24) is 10.1 Å². The highest BCUT2D eigenvalue weighted by molar-refractivity contribution is 6.30. The van der Waals surface area contributed by atoms with E-state index in [9.17, 15) is 5.11 Å². The lowest BCUT2D eigenvalue weighted by atomic mass is 10.2. The highest BCUT2D eigenvalue weighted by atomic mass is 35.5. The molecule has 0 aliphatic rings. The Bertz CT molecular complexity index is 425. The Morgan fingerprint density at radius 3 is 2.57 bits per heavy atom. The van der Waals surface area contributed by atoms with E-state index in [4.69, 9.17) is 16.1 Å². The summed E-state index contributed by atoms with van der Waals surface area (Å²) in [7, 11) is 0. The third-order valence-corrected chi connectivity index (χ3v) is 1.95. The fraction of sp³-hybridized carbons (Fsp3) is 0.111. The topological polar surface area (TPSA) is 58.8 Å². The van der Waals surface area contributed by atoms with Crippen LogP contribution in [0.1, 0.15) is 5.89 Å². The van der Waals surface area contributed by atoms with Crippen molar-refractivity contribution < 1.29 is 9.63 Å². The van der Waals surface area contributed by atoms with Crippen molar-refractivity contribution in [2.75, 3.05) is 0 Å². The fourth-order valence-corrected chi connectivity index (χ4v) is 1.16. The predicted octanol–water partition coefficient (Wildman–Crippen LogP) is 2.32. The molecule has 0 saturated carbocycles. The lowest BCUT2D eigenvalue weighted by Crippen LogP contribution is -1.82. The summed E-state index contributed by atoms with van der Waals surface area (Å²) in [6, 6.07) is 6.98. The molecule has 1 aromatic heterocycles. The Morgan fingerprint density at radius 1 is 1.29 bits per heavy atom. The second kappa shape index (κ2) is 3.77. The van der Waals surface area contributed by atoms with Gasteiger partial charge in [-0.15, -0.1) is 0 Å². The van der Waals surface area contributed by atoms with Crippen molar-refractivity contribution in [3.8, 4) is 11.4 Å². The summed E-state index contributed by atoms with van der Waals surface area (Å²) in [6.07, 6.45) is 0. The molecular formula is C9H6ClN2O2. The van der Waals surface area contributed by atoms with Crippen molar-refractivity contribution in [3.63, 3.8) is 0 Å². The van der Waals surface area contributed by atoms with Gasteiger partial charge in [0.1, 0.15) is 0 Å². The Kier molecular flexibility index (Phi) is 2.47. The van der Waals surface area contributed by atoms with Gasteiger partial charge in [0.2, 0.25) is 5.82 Å². The molecule has 1 heterocycles. The van der Waals surface area contributed by atoms with Gasteiger partial charge in [-0.1, -0.05) is 16.8 Å². The van der Waals surface area contributed by atoms with E-state index >= 15 is 0 Å². The van der Waals surface area contributed by atoms with Crippen LogP contribution in [0.4, 0.5) is 0 Å². The minimum atomic E-state index is -0.499. The van der Waals surface area contributed by atoms with Crippen LogP contribution in [0, 0.1) is 0 Å². The van der Waals surface area contributed by atoms with E-state index in [2.05, 4.69) is 10.1 Å². The van der Waals surface area contributed by atoms with Gasteiger partial charge < -0.3 is 4.52 Å². The summed E-state index contributed by atoms with van der Waals surface area (Å²) >= 11 is 5.72. The van der Waals surface area contributed by atoms with Crippen molar-refractivity contribution in [1.29, 1.82) is 0 Å². The van der Waals surface area contributed by atoms with Crippen LogP contribution in [-0.4, -0.2) is 10.1 Å². The van der Waals surface area contributed by atoms with Crippen LogP contribution < -0.4 is 0 Å². The minimum Gasteiger partial charge on any atom is -0.336 e. The zero-order valence-corrected chi connectivity index (χ0v) is 7.86. The molecule has 1 aromatic carbocycles. The van der Waals surface area contributed by atoms with Crippen LogP contribution in [0.25, 0.3) is 11.4 Å². The van der Waals surface area contributed by atoms with Gasteiger partial charge in [-0.05, 0) is 24.3 Å². The summed E-state index contributed by atoms with van der Waals surface area (Å²) in [5, 5.41) is 14.7. The van der Waals surface area contributed by atoms with E-state index < -0.39 is 6.61 Å². The Labute approximate surface area is 85.1 Å². The molecule has 0 aliphatic heterocycles. The van der Waals surface area contributed by atoms with Gasteiger partial charge in [0.25, 0.3) is 5.89 Å². The number of rotatable bonds is 2. The number of aromatic nitrogens is 2. The monoisotopic (exact) mass is 209 g/mol. The van der Waals surface area contributed by atoms with Crippen molar-refractivity contribution >= 4 is 11.6 Å². The molecule has 2 rings (SSSR count). The predicted molar refractivity (Wildman–Crippen MR) is 49.1 cm³/mol. The van der Waals surface area contributed by atoms with E-state index in [0.29, 0.717) is 10.8 Å². The second-order valence-corrected chi connectivity index (χ2v) is 3.10. The van der Waals surface area contributed by atoms with Gasteiger partial charge in [-0.25, -0.2) is 5.11 Å². The molecule has 0 amide bonds. The maximum Gasteiger partial charge on any atom is 0.256 e. The van der Waals surface area contributed by atoms with Crippen molar-refractivity contribution in [3.05, 3.63) is 35.2 Å². The smallest absolute Gasteiger partial charge is 0.256 e. The second-order valence-electron chi connectivity index (χ2n) is 2.66. The maximum absolute atomic E-state index is 10.4. The molecule has 0 atom stereocenters. The van der Waals surface area contributed by atoms with Crippen LogP contribution in [-0.2, 0) is 11.7 Å². The number of hydrogen-bond acceptors (Lipinski definition) is 3. The molecule has 0 unspecified atom stereocenters. The first kappa shape index (κ1) is 9.18. The summed E-state index contributed by atoms with van der Waals surface area (Å²) in [6.45, 7) is -0.499. The van der Waals surface area contributed by atoms with E-state index in [1.54, 1.807) is 24.3 Å². The quantitative estimate of drug-likeness (QED) is 0.763. The summed E-state index contributed by atoms with van der Waals surface area (Å²) in [5.41, 5.74) is 0.776. The van der Waals surface area contributed by atoms with Crippen LogP contribution in [0.2, 0.25) is 5.02 Å². The molecule has 0 fully saturated rings. The first-order chi connectivity index (χ1) is 6.79. The zero-order chi connectivity index (χ0) is 9.97. The number of nitrogens with zero attached hydrogens (tertiary/aromatic N) is 2. The molecule has 0 aliphatic carbocycles. The Hall–Kier alpha value is -1.39. The lowest BCUT2D eigenvalue weighted by Gasteiger charge is -1.92.